The molecule has 0 radical (unpaired) electrons. The SMILES string of the molecule is Cc1cccc(OCCN2C(=O)C(=O)c3cc(C)cc(Br)c32)c1. The monoisotopic (exact) mass is 373 g/mol. The number of carbonyl (C=O) groups excluding carboxylic acids is 2. The third-order valence-corrected chi connectivity index (χ3v) is 4.34. The van der Waals surface area contributed by atoms with Crippen LogP contribution in [0.5, 0.6) is 5.75 Å². The number of amides is 1. The van der Waals surface area contributed by atoms with E-state index in [1.807, 2.05) is 44.2 Å². The van der Waals surface area contributed by atoms with Crippen LogP contribution in [0.2, 0.25) is 0 Å². The maximum atomic E-state index is 12.2. The maximum absolute atomic E-state index is 12.2. The van der Waals surface area contributed by atoms with Crippen molar-refractivity contribution >= 4 is 33.3 Å². The van der Waals surface area contributed by atoms with Gasteiger partial charge in [-0.05, 0) is 65.2 Å². The fourth-order valence-corrected chi connectivity index (χ4v) is 3.48. The number of nitrogens with zero attached hydrogens (tertiary/aromatic N) is 1. The Morgan fingerprint density at radius 2 is 1.87 bits per heavy atom. The minimum atomic E-state index is -0.501. The molecular formula is C18H16BrNO3. The molecule has 0 spiro atoms. The van der Waals surface area contributed by atoms with Crippen LogP contribution in [0.3, 0.4) is 0 Å². The molecule has 0 aromatic heterocycles. The number of fused-ring (bicyclic) bond motifs is 1. The van der Waals surface area contributed by atoms with E-state index in [9.17, 15) is 9.59 Å². The molecule has 23 heavy (non-hydrogen) atoms. The molecule has 0 aliphatic carbocycles. The zero-order valence-electron chi connectivity index (χ0n) is 12.9. The highest BCUT2D eigenvalue weighted by molar-refractivity contribution is 9.10. The second-order valence-electron chi connectivity index (χ2n) is 5.59. The van der Waals surface area contributed by atoms with Crippen molar-refractivity contribution in [2.24, 2.45) is 0 Å². The lowest BCUT2D eigenvalue weighted by Gasteiger charge is -2.18. The van der Waals surface area contributed by atoms with E-state index in [4.69, 9.17) is 4.74 Å². The highest BCUT2D eigenvalue weighted by Gasteiger charge is 2.37. The number of ether oxygens (including phenoxy) is 1. The largest absolute Gasteiger partial charge is 0.492 e. The molecule has 2 aromatic carbocycles. The summed E-state index contributed by atoms with van der Waals surface area (Å²) in [5, 5.41) is 0. The summed E-state index contributed by atoms with van der Waals surface area (Å²) in [7, 11) is 0. The van der Waals surface area contributed by atoms with Gasteiger partial charge in [0.25, 0.3) is 11.7 Å². The van der Waals surface area contributed by atoms with E-state index in [1.54, 1.807) is 6.07 Å². The van der Waals surface area contributed by atoms with Crippen LogP contribution in [0, 0.1) is 13.8 Å². The Hall–Kier alpha value is -2.14. The van der Waals surface area contributed by atoms with E-state index in [1.165, 1.54) is 4.90 Å². The molecule has 0 unspecified atom stereocenters. The second kappa shape index (κ2) is 6.16. The van der Waals surface area contributed by atoms with Crippen molar-refractivity contribution in [2.75, 3.05) is 18.1 Å². The van der Waals surface area contributed by atoms with Crippen LogP contribution >= 0.6 is 15.9 Å². The molecule has 0 saturated heterocycles. The fraction of sp³-hybridized carbons (Fsp3) is 0.222. The molecule has 1 amide bonds. The van der Waals surface area contributed by atoms with Gasteiger partial charge < -0.3 is 9.64 Å². The molecule has 0 fully saturated rings. The fourth-order valence-electron chi connectivity index (χ4n) is 2.69. The minimum absolute atomic E-state index is 0.322. The van der Waals surface area contributed by atoms with Crippen molar-refractivity contribution in [3.05, 3.63) is 57.6 Å². The molecule has 0 saturated carbocycles. The van der Waals surface area contributed by atoms with E-state index in [-0.39, 0.29) is 0 Å². The van der Waals surface area contributed by atoms with Gasteiger partial charge in [0.05, 0.1) is 17.8 Å². The maximum Gasteiger partial charge on any atom is 0.299 e. The predicted octanol–water partition coefficient (Wildman–Crippen LogP) is 3.67. The van der Waals surface area contributed by atoms with Gasteiger partial charge >= 0.3 is 0 Å². The van der Waals surface area contributed by atoms with Crippen LogP contribution in [-0.4, -0.2) is 24.8 Å². The lowest BCUT2D eigenvalue weighted by molar-refractivity contribution is -0.114. The van der Waals surface area contributed by atoms with Crippen LogP contribution in [-0.2, 0) is 4.79 Å². The van der Waals surface area contributed by atoms with Crippen LogP contribution < -0.4 is 9.64 Å². The van der Waals surface area contributed by atoms with E-state index in [0.29, 0.717) is 24.4 Å². The summed E-state index contributed by atoms with van der Waals surface area (Å²) in [6.07, 6.45) is 0. The third-order valence-electron chi connectivity index (χ3n) is 3.73. The zero-order valence-corrected chi connectivity index (χ0v) is 14.5. The van der Waals surface area contributed by atoms with E-state index in [2.05, 4.69) is 15.9 Å². The first-order chi connectivity index (χ1) is 11.0. The summed E-state index contributed by atoms with van der Waals surface area (Å²) in [5.74, 6) is -0.203. The highest BCUT2D eigenvalue weighted by Crippen LogP contribution is 2.36. The van der Waals surface area contributed by atoms with Crippen LogP contribution in [0.1, 0.15) is 21.5 Å². The molecule has 1 aliphatic rings. The predicted molar refractivity (Wildman–Crippen MR) is 92.2 cm³/mol. The molecule has 4 nitrogen and oxygen atoms in total. The second-order valence-corrected chi connectivity index (χ2v) is 6.45. The summed E-state index contributed by atoms with van der Waals surface area (Å²) < 4.78 is 6.44. The molecule has 5 heteroatoms. The molecule has 118 valence electrons. The van der Waals surface area contributed by atoms with Crippen LogP contribution in [0.4, 0.5) is 5.69 Å². The lowest BCUT2D eigenvalue weighted by Crippen LogP contribution is -2.33. The Kier molecular flexibility index (Phi) is 4.22. The third kappa shape index (κ3) is 3.01. The first-order valence-electron chi connectivity index (χ1n) is 7.33. The summed E-state index contributed by atoms with van der Waals surface area (Å²) in [4.78, 5) is 25.8. The average Bonchev–Trinajstić information content (AvgIpc) is 2.73. The Morgan fingerprint density at radius 1 is 1.09 bits per heavy atom. The number of ketones is 1. The van der Waals surface area contributed by atoms with E-state index in [0.717, 1.165) is 21.3 Å². The van der Waals surface area contributed by atoms with Crippen molar-refractivity contribution in [3.63, 3.8) is 0 Å². The van der Waals surface area contributed by atoms with Gasteiger partial charge in [0.1, 0.15) is 12.4 Å². The summed E-state index contributed by atoms with van der Waals surface area (Å²) in [6.45, 7) is 4.53. The summed E-state index contributed by atoms with van der Waals surface area (Å²) in [5.41, 5.74) is 3.14. The molecule has 3 rings (SSSR count). The minimum Gasteiger partial charge on any atom is -0.492 e. The first kappa shape index (κ1) is 15.7. The van der Waals surface area contributed by atoms with Crippen LogP contribution in [0.25, 0.3) is 0 Å². The number of hydrogen-bond donors (Lipinski definition) is 0. The average molecular weight is 374 g/mol. The molecule has 1 heterocycles. The molecule has 0 N–H and O–H groups in total. The number of benzene rings is 2. The van der Waals surface area contributed by atoms with Gasteiger partial charge in [-0.3, -0.25) is 9.59 Å². The van der Waals surface area contributed by atoms with Crippen molar-refractivity contribution in [1.82, 2.24) is 0 Å². The Morgan fingerprint density at radius 3 is 2.61 bits per heavy atom. The number of rotatable bonds is 4. The van der Waals surface area contributed by atoms with Crippen molar-refractivity contribution in [3.8, 4) is 5.75 Å². The van der Waals surface area contributed by atoms with Crippen molar-refractivity contribution in [1.29, 1.82) is 0 Å². The van der Waals surface area contributed by atoms with Gasteiger partial charge in [-0.2, -0.15) is 0 Å². The number of aryl methyl sites for hydroxylation is 2. The van der Waals surface area contributed by atoms with Crippen molar-refractivity contribution in [2.45, 2.75) is 13.8 Å². The summed E-state index contributed by atoms with van der Waals surface area (Å²) in [6, 6.07) is 11.4. The van der Waals surface area contributed by atoms with Gasteiger partial charge in [-0.1, -0.05) is 12.1 Å². The normalized spacial score (nSPS) is 13.4. The quantitative estimate of drug-likeness (QED) is 0.768. The molecule has 0 bridgehead atoms. The first-order valence-corrected chi connectivity index (χ1v) is 8.12. The Labute approximate surface area is 143 Å². The number of hydrogen-bond acceptors (Lipinski definition) is 3. The zero-order chi connectivity index (χ0) is 16.6. The Balaban J connectivity index is 1.77. The van der Waals surface area contributed by atoms with Gasteiger partial charge in [0.15, 0.2) is 0 Å². The number of halogens is 1. The summed E-state index contributed by atoms with van der Waals surface area (Å²) >= 11 is 3.45. The number of carbonyl (C=O) groups is 2. The topological polar surface area (TPSA) is 46.6 Å². The standard InChI is InChI=1S/C18H16BrNO3/c1-11-4-3-5-13(8-11)23-7-6-20-16-14(17(21)18(20)22)9-12(2)10-15(16)19/h3-5,8-10H,6-7H2,1-2H3. The van der Waals surface area contributed by atoms with Gasteiger partial charge in [-0.25, -0.2) is 0 Å². The van der Waals surface area contributed by atoms with Gasteiger partial charge in [0.2, 0.25) is 0 Å². The lowest BCUT2D eigenvalue weighted by atomic mass is 10.1. The number of Topliss-reactive ketones (excluding diaryl/α,β-unsaturated/α-hetero) is 1. The van der Waals surface area contributed by atoms with E-state index < -0.39 is 11.7 Å². The number of anilines is 1. The molecular weight excluding hydrogens is 358 g/mol. The highest BCUT2D eigenvalue weighted by atomic mass is 79.9. The Bertz CT molecular complexity index is 801. The molecule has 0 atom stereocenters. The van der Waals surface area contributed by atoms with Crippen molar-refractivity contribution < 1.29 is 14.3 Å². The molecule has 1 aliphatic heterocycles. The molecule has 2 aromatic rings. The van der Waals surface area contributed by atoms with Gasteiger partial charge in [-0.15, -0.1) is 0 Å². The van der Waals surface area contributed by atoms with Gasteiger partial charge in [0, 0.05) is 4.47 Å². The van der Waals surface area contributed by atoms with Crippen LogP contribution in [0.15, 0.2) is 40.9 Å². The van der Waals surface area contributed by atoms with E-state index >= 15 is 0 Å². The smallest absolute Gasteiger partial charge is 0.299 e.